The Labute approximate surface area is 157 Å². The maximum absolute atomic E-state index is 13.3. The molecule has 9 heteroatoms. The van der Waals surface area contributed by atoms with Gasteiger partial charge in [-0.3, -0.25) is 4.40 Å². The average Bonchev–Trinajstić information content (AvgIpc) is 3.29. The Balaban J connectivity index is 1.87. The zero-order valence-electron chi connectivity index (χ0n) is 15.1. The van der Waals surface area contributed by atoms with Crippen LogP contribution in [0.3, 0.4) is 0 Å². The smallest absolute Gasteiger partial charge is 0.279 e. The van der Waals surface area contributed by atoms with Crippen LogP contribution < -0.4 is 0 Å². The van der Waals surface area contributed by atoms with Gasteiger partial charge in [0.25, 0.3) is 10.2 Å². The predicted octanol–water partition coefficient (Wildman–Crippen LogP) is 2.48. The van der Waals surface area contributed by atoms with Crippen LogP contribution in [0.5, 0.6) is 0 Å². The summed E-state index contributed by atoms with van der Waals surface area (Å²) in [6, 6.07) is 7.66. The molecule has 1 fully saturated rings. The lowest BCUT2D eigenvalue weighted by atomic mass is 10.1. The minimum Gasteiger partial charge on any atom is -0.279 e. The predicted molar refractivity (Wildman–Crippen MR) is 99.7 cm³/mol. The number of nitrogens with zero attached hydrogens (tertiary/aromatic N) is 5. The van der Waals surface area contributed by atoms with E-state index in [1.807, 2.05) is 10.5 Å². The minimum atomic E-state index is -3.55. The van der Waals surface area contributed by atoms with Crippen molar-refractivity contribution in [3.05, 3.63) is 54.2 Å². The van der Waals surface area contributed by atoms with Crippen LogP contribution in [-0.2, 0) is 10.2 Å². The van der Waals surface area contributed by atoms with E-state index in [4.69, 9.17) is 0 Å². The van der Waals surface area contributed by atoms with E-state index in [-0.39, 0.29) is 11.9 Å². The van der Waals surface area contributed by atoms with Crippen LogP contribution in [0, 0.1) is 5.82 Å². The molecule has 0 radical (unpaired) electrons. The highest BCUT2D eigenvalue weighted by Gasteiger charge is 2.38. The lowest BCUT2D eigenvalue weighted by molar-refractivity contribution is 0.356. The highest BCUT2D eigenvalue weighted by Crippen LogP contribution is 2.36. The van der Waals surface area contributed by atoms with Gasteiger partial charge in [-0.25, -0.2) is 14.4 Å². The van der Waals surface area contributed by atoms with E-state index in [2.05, 4.69) is 9.97 Å². The van der Waals surface area contributed by atoms with Gasteiger partial charge in [0.05, 0.1) is 17.9 Å². The first-order valence-corrected chi connectivity index (χ1v) is 10.1. The molecule has 0 aliphatic carbocycles. The largest absolute Gasteiger partial charge is 0.282 e. The molecule has 0 spiro atoms. The van der Waals surface area contributed by atoms with E-state index in [1.165, 1.54) is 34.8 Å². The number of hydrogen-bond acceptors (Lipinski definition) is 4. The van der Waals surface area contributed by atoms with Crippen LogP contribution in [0.2, 0.25) is 0 Å². The molecule has 0 unspecified atom stereocenters. The number of aromatic nitrogens is 3. The van der Waals surface area contributed by atoms with Crippen molar-refractivity contribution in [3.63, 3.8) is 0 Å². The summed E-state index contributed by atoms with van der Waals surface area (Å²) in [5.74, 6) is 0.172. The quantitative estimate of drug-likeness (QED) is 0.687. The zero-order valence-corrected chi connectivity index (χ0v) is 15.9. The summed E-state index contributed by atoms with van der Waals surface area (Å²) in [4.78, 5) is 8.65. The van der Waals surface area contributed by atoms with Gasteiger partial charge in [-0.2, -0.15) is 17.0 Å². The molecule has 2 aromatic heterocycles. The highest BCUT2D eigenvalue weighted by atomic mass is 32.2. The first kappa shape index (κ1) is 18.0. The fourth-order valence-electron chi connectivity index (χ4n) is 3.55. The fraction of sp³-hybridized carbons (Fsp3) is 0.333. The lowest BCUT2D eigenvalue weighted by Crippen LogP contribution is -2.40. The Kier molecular flexibility index (Phi) is 4.45. The number of halogens is 1. The number of rotatable bonds is 4. The summed E-state index contributed by atoms with van der Waals surface area (Å²) in [5.41, 5.74) is 2.35. The Hall–Kier alpha value is -2.36. The molecule has 0 amide bonds. The third-order valence-corrected chi connectivity index (χ3v) is 6.83. The van der Waals surface area contributed by atoms with Gasteiger partial charge in [0, 0.05) is 38.1 Å². The molecule has 0 N–H and O–H groups in total. The van der Waals surface area contributed by atoms with E-state index in [0.29, 0.717) is 18.7 Å². The number of fused-ring (bicyclic) bond motifs is 1. The van der Waals surface area contributed by atoms with Gasteiger partial charge >= 0.3 is 0 Å². The van der Waals surface area contributed by atoms with Crippen molar-refractivity contribution < 1.29 is 12.8 Å². The van der Waals surface area contributed by atoms with Crippen LogP contribution in [0.25, 0.3) is 17.0 Å². The molecule has 0 bridgehead atoms. The molecule has 1 saturated heterocycles. The van der Waals surface area contributed by atoms with Gasteiger partial charge in [-0.05, 0) is 43.2 Å². The van der Waals surface area contributed by atoms with Crippen molar-refractivity contribution in [3.8, 4) is 11.3 Å². The van der Waals surface area contributed by atoms with Gasteiger partial charge in [0.15, 0.2) is 0 Å². The molecule has 1 aliphatic rings. The van der Waals surface area contributed by atoms with E-state index in [9.17, 15) is 12.8 Å². The van der Waals surface area contributed by atoms with Gasteiger partial charge < -0.3 is 0 Å². The molecule has 3 heterocycles. The maximum atomic E-state index is 13.3. The fourth-order valence-corrected chi connectivity index (χ4v) is 4.86. The second-order valence-electron chi connectivity index (χ2n) is 6.71. The Morgan fingerprint density at radius 3 is 2.59 bits per heavy atom. The lowest BCUT2D eigenvalue weighted by Gasteiger charge is -2.27. The molecule has 3 aromatic rings. The van der Waals surface area contributed by atoms with Crippen molar-refractivity contribution >= 4 is 16.0 Å². The third-order valence-electron chi connectivity index (χ3n) is 4.88. The molecule has 4 rings (SSSR count). The van der Waals surface area contributed by atoms with Crippen LogP contribution in [0.15, 0.2) is 42.7 Å². The van der Waals surface area contributed by atoms with Crippen LogP contribution in [-0.4, -0.2) is 52.0 Å². The van der Waals surface area contributed by atoms with Gasteiger partial charge in [0.1, 0.15) is 5.82 Å². The SMILES string of the molecule is CN(C)S(=O)(=O)N1CCC[C@@H]1c1ccnc2ncc(-c3ccc(F)cc3)n12. The van der Waals surface area contributed by atoms with Crippen LogP contribution in [0.1, 0.15) is 24.6 Å². The summed E-state index contributed by atoms with van der Waals surface area (Å²) in [6.07, 6.45) is 4.82. The van der Waals surface area contributed by atoms with Crippen LogP contribution in [0.4, 0.5) is 4.39 Å². The molecular weight excluding hydrogens is 369 g/mol. The highest BCUT2D eigenvalue weighted by molar-refractivity contribution is 7.86. The first-order chi connectivity index (χ1) is 12.9. The van der Waals surface area contributed by atoms with Crippen molar-refractivity contribution in [2.45, 2.75) is 18.9 Å². The zero-order chi connectivity index (χ0) is 19.2. The second-order valence-corrected chi connectivity index (χ2v) is 8.81. The number of benzene rings is 1. The van der Waals surface area contributed by atoms with E-state index >= 15 is 0 Å². The average molecular weight is 389 g/mol. The molecule has 1 atom stereocenters. The van der Waals surface area contributed by atoms with Crippen molar-refractivity contribution in [1.29, 1.82) is 0 Å². The Morgan fingerprint density at radius 2 is 1.89 bits per heavy atom. The minimum absolute atomic E-state index is 0.309. The molecule has 27 heavy (non-hydrogen) atoms. The Morgan fingerprint density at radius 1 is 1.15 bits per heavy atom. The molecule has 1 aliphatic heterocycles. The molecule has 1 aromatic carbocycles. The van der Waals surface area contributed by atoms with E-state index < -0.39 is 10.2 Å². The summed E-state index contributed by atoms with van der Waals surface area (Å²) in [6.45, 7) is 0.468. The van der Waals surface area contributed by atoms with Crippen molar-refractivity contribution in [2.75, 3.05) is 20.6 Å². The van der Waals surface area contributed by atoms with Gasteiger partial charge in [-0.1, -0.05) is 0 Å². The standard InChI is InChI=1S/C18H20FN5O2S/c1-22(2)27(25,26)23-11-3-4-15(23)16-9-10-20-18-21-12-17(24(16)18)13-5-7-14(19)8-6-13/h5-10,12,15H,3-4,11H2,1-2H3/t15-/m1/s1. The first-order valence-electron chi connectivity index (χ1n) is 8.67. The van der Waals surface area contributed by atoms with E-state index in [0.717, 1.165) is 23.4 Å². The van der Waals surface area contributed by atoms with Gasteiger partial charge in [0.2, 0.25) is 5.78 Å². The van der Waals surface area contributed by atoms with Gasteiger partial charge in [-0.15, -0.1) is 0 Å². The summed E-state index contributed by atoms with van der Waals surface area (Å²) < 4.78 is 43.4. The van der Waals surface area contributed by atoms with Crippen LogP contribution >= 0.6 is 0 Å². The summed E-state index contributed by atoms with van der Waals surface area (Å²) in [5, 5.41) is 0. The third kappa shape index (κ3) is 3.01. The summed E-state index contributed by atoms with van der Waals surface area (Å²) in [7, 11) is -0.474. The topological polar surface area (TPSA) is 70.8 Å². The van der Waals surface area contributed by atoms with Crippen molar-refractivity contribution in [2.24, 2.45) is 0 Å². The van der Waals surface area contributed by atoms with E-state index in [1.54, 1.807) is 24.5 Å². The second kappa shape index (κ2) is 6.66. The number of imidazole rings is 1. The monoisotopic (exact) mass is 389 g/mol. The maximum Gasteiger partial charge on any atom is 0.282 e. The summed E-state index contributed by atoms with van der Waals surface area (Å²) >= 11 is 0. The molecule has 142 valence electrons. The molecule has 0 saturated carbocycles. The Bertz CT molecular complexity index is 1080. The molecular formula is C18H20FN5O2S. The van der Waals surface area contributed by atoms with Crippen molar-refractivity contribution in [1.82, 2.24) is 23.0 Å². The molecule has 7 nitrogen and oxygen atoms in total. The number of hydrogen-bond donors (Lipinski definition) is 0. The normalized spacial score (nSPS) is 18.6.